The average Bonchev–Trinajstić information content (AvgIpc) is 3.26. The number of benzene rings is 2. The van der Waals surface area contributed by atoms with E-state index in [2.05, 4.69) is 20.8 Å². The summed E-state index contributed by atoms with van der Waals surface area (Å²) < 4.78 is 5.01. The van der Waals surface area contributed by atoms with Crippen molar-refractivity contribution in [1.29, 1.82) is 0 Å². The monoisotopic (exact) mass is 584 g/mol. The van der Waals surface area contributed by atoms with Gasteiger partial charge in [0.1, 0.15) is 0 Å². The molecule has 3 heterocycles. The topological polar surface area (TPSA) is 108 Å². The molecule has 2 aromatic carbocycles. The first-order valence-corrected chi connectivity index (χ1v) is 13.1. The third-order valence-electron chi connectivity index (χ3n) is 6.69. The van der Waals surface area contributed by atoms with Crippen molar-refractivity contribution in [3.05, 3.63) is 90.0 Å². The Hall–Kier alpha value is -3.21. The summed E-state index contributed by atoms with van der Waals surface area (Å²) in [5, 5.41) is 0.400. The predicted octanol–water partition coefficient (Wildman–Crippen LogP) is 3.17. The van der Waals surface area contributed by atoms with Crippen LogP contribution in [0.15, 0.2) is 62.6 Å². The Morgan fingerprint density at radius 3 is 2.68 bits per heavy atom. The standard InChI is InChI=1S/C26H26BrClN6O3/c1-31-23-22(24(36)34(26(31)37)15-21(35)16-7-4-8-18(28)12-16)33(13-17-6-2-3-10-20(17)27)25(30-23)32-11-5-9-19(29)14-32/h2-4,6-8,10,12,19H,5,9,11,13-15,29H2,1H3. The molecule has 0 amide bonds. The number of piperidine rings is 1. The van der Waals surface area contributed by atoms with E-state index in [0.29, 0.717) is 29.6 Å². The summed E-state index contributed by atoms with van der Waals surface area (Å²) >= 11 is 9.64. The van der Waals surface area contributed by atoms with Crippen LogP contribution in [0.4, 0.5) is 5.95 Å². The molecule has 2 aromatic heterocycles. The highest BCUT2D eigenvalue weighted by molar-refractivity contribution is 9.10. The van der Waals surface area contributed by atoms with E-state index in [1.165, 1.54) is 10.6 Å². The lowest BCUT2D eigenvalue weighted by atomic mass is 10.1. The number of ketones is 1. The lowest BCUT2D eigenvalue weighted by Crippen LogP contribution is -2.44. The molecule has 0 bridgehead atoms. The van der Waals surface area contributed by atoms with Gasteiger partial charge in [-0.3, -0.25) is 23.3 Å². The van der Waals surface area contributed by atoms with E-state index in [1.807, 2.05) is 28.8 Å². The Balaban J connectivity index is 1.69. The summed E-state index contributed by atoms with van der Waals surface area (Å²) in [6, 6.07) is 14.2. The molecule has 1 aliphatic heterocycles. The number of nitrogens with zero attached hydrogens (tertiary/aromatic N) is 5. The number of halogens is 2. The van der Waals surface area contributed by atoms with Crippen molar-refractivity contribution in [3.63, 3.8) is 0 Å². The number of fused-ring (bicyclic) bond motifs is 1. The molecule has 0 spiro atoms. The minimum absolute atomic E-state index is 0.0127. The molecule has 1 atom stereocenters. The quantitative estimate of drug-likeness (QED) is 0.348. The van der Waals surface area contributed by atoms with Gasteiger partial charge in [-0.1, -0.05) is 57.9 Å². The van der Waals surface area contributed by atoms with Gasteiger partial charge in [0.15, 0.2) is 16.9 Å². The van der Waals surface area contributed by atoms with E-state index in [-0.39, 0.29) is 23.0 Å². The molecule has 1 unspecified atom stereocenters. The zero-order chi connectivity index (χ0) is 26.3. The lowest BCUT2D eigenvalue weighted by molar-refractivity contribution is 0.0969. The van der Waals surface area contributed by atoms with Gasteiger partial charge < -0.3 is 10.6 Å². The minimum atomic E-state index is -0.611. The van der Waals surface area contributed by atoms with Crippen LogP contribution < -0.4 is 21.9 Å². The number of carbonyl (C=O) groups excluding carboxylic acids is 1. The molecule has 4 aromatic rings. The number of nitrogens with two attached hydrogens (primary N) is 1. The van der Waals surface area contributed by atoms with E-state index in [4.69, 9.17) is 22.3 Å². The largest absolute Gasteiger partial charge is 0.341 e. The molecule has 1 saturated heterocycles. The van der Waals surface area contributed by atoms with Crippen LogP contribution in [0.5, 0.6) is 0 Å². The van der Waals surface area contributed by atoms with E-state index in [9.17, 15) is 14.4 Å². The van der Waals surface area contributed by atoms with Crippen LogP contribution in [-0.4, -0.2) is 43.6 Å². The molecular formula is C26H26BrClN6O3. The van der Waals surface area contributed by atoms with Gasteiger partial charge in [0, 0.05) is 41.2 Å². The number of carbonyl (C=O) groups is 1. The molecule has 5 rings (SSSR count). The molecule has 192 valence electrons. The molecule has 2 N–H and O–H groups in total. The molecule has 11 heteroatoms. The van der Waals surface area contributed by atoms with E-state index in [0.717, 1.165) is 34.0 Å². The van der Waals surface area contributed by atoms with E-state index >= 15 is 0 Å². The zero-order valence-corrected chi connectivity index (χ0v) is 22.6. The van der Waals surface area contributed by atoms with Crippen LogP contribution in [0.25, 0.3) is 11.2 Å². The summed E-state index contributed by atoms with van der Waals surface area (Å²) in [5.41, 5.74) is 6.87. The Morgan fingerprint density at radius 1 is 1.16 bits per heavy atom. The van der Waals surface area contributed by atoms with Crippen molar-refractivity contribution in [2.24, 2.45) is 12.8 Å². The number of aromatic nitrogens is 4. The number of imidazole rings is 1. The Bertz CT molecular complexity index is 1630. The van der Waals surface area contributed by atoms with Gasteiger partial charge in [-0.2, -0.15) is 4.98 Å². The third kappa shape index (κ3) is 4.88. The van der Waals surface area contributed by atoms with Gasteiger partial charge in [0.05, 0.1) is 13.1 Å². The fourth-order valence-electron chi connectivity index (χ4n) is 4.78. The molecule has 9 nitrogen and oxygen atoms in total. The van der Waals surface area contributed by atoms with Gasteiger partial charge in [-0.25, -0.2) is 4.79 Å². The third-order valence-corrected chi connectivity index (χ3v) is 7.70. The van der Waals surface area contributed by atoms with Gasteiger partial charge in [-0.15, -0.1) is 0 Å². The van der Waals surface area contributed by atoms with Gasteiger partial charge in [0.25, 0.3) is 5.56 Å². The highest BCUT2D eigenvalue weighted by Crippen LogP contribution is 2.26. The molecule has 0 saturated carbocycles. The molecular weight excluding hydrogens is 560 g/mol. The van der Waals surface area contributed by atoms with Crippen LogP contribution in [0.2, 0.25) is 5.02 Å². The number of hydrogen-bond acceptors (Lipinski definition) is 6. The minimum Gasteiger partial charge on any atom is -0.341 e. The summed E-state index contributed by atoms with van der Waals surface area (Å²) in [5.74, 6) is 0.187. The van der Waals surface area contributed by atoms with Crippen molar-refractivity contribution >= 4 is 50.4 Å². The number of Topliss-reactive ketones (excluding diaryl/α,β-unsaturated/α-hetero) is 1. The fraction of sp³-hybridized carbons (Fsp3) is 0.308. The second kappa shape index (κ2) is 10.3. The van der Waals surface area contributed by atoms with Crippen molar-refractivity contribution in [2.75, 3.05) is 18.0 Å². The zero-order valence-electron chi connectivity index (χ0n) is 20.2. The maximum atomic E-state index is 13.8. The molecule has 0 aliphatic carbocycles. The van der Waals surface area contributed by atoms with E-state index < -0.39 is 17.8 Å². The maximum absolute atomic E-state index is 13.8. The molecule has 1 fully saturated rings. The lowest BCUT2D eigenvalue weighted by Gasteiger charge is -2.32. The number of anilines is 1. The van der Waals surface area contributed by atoms with Crippen molar-refractivity contribution in [1.82, 2.24) is 18.7 Å². The second-order valence-corrected chi connectivity index (χ2v) is 10.6. The van der Waals surface area contributed by atoms with Gasteiger partial charge in [-0.05, 0) is 36.6 Å². The summed E-state index contributed by atoms with van der Waals surface area (Å²) in [4.78, 5) is 47.0. The maximum Gasteiger partial charge on any atom is 0.332 e. The average molecular weight is 586 g/mol. The van der Waals surface area contributed by atoms with Gasteiger partial charge in [0.2, 0.25) is 5.95 Å². The normalized spacial score (nSPS) is 15.9. The van der Waals surface area contributed by atoms with Crippen LogP contribution >= 0.6 is 27.5 Å². The molecule has 0 radical (unpaired) electrons. The summed E-state index contributed by atoms with van der Waals surface area (Å²) in [6.45, 7) is 1.26. The SMILES string of the molecule is Cn1c(=O)n(CC(=O)c2cccc(Cl)c2)c(=O)c2c1nc(N1CCCC(N)C1)n2Cc1ccccc1Br. The first-order valence-electron chi connectivity index (χ1n) is 12.0. The Kier molecular flexibility index (Phi) is 7.06. The highest BCUT2D eigenvalue weighted by Gasteiger charge is 2.27. The van der Waals surface area contributed by atoms with Crippen LogP contribution in [-0.2, 0) is 20.1 Å². The summed E-state index contributed by atoms with van der Waals surface area (Å²) in [7, 11) is 1.56. The number of rotatable bonds is 6. The number of aryl methyl sites for hydroxylation is 1. The second-order valence-electron chi connectivity index (χ2n) is 9.28. The van der Waals surface area contributed by atoms with Crippen LogP contribution in [0, 0.1) is 0 Å². The van der Waals surface area contributed by atoms with Gasteiger partial charge >= 0.3 is 5.69 Å². The molecule has 37 heavy (non-hydrogen) atoms. The highest BCUT2D eigenvalue weighted by atomic mass is 79.9. The first kappa shape index (κ1) is 25.4. The van der Waals surface area contributed by atoms with Crippen LogP contribution in [0.3, 0.4) is 0 Å². The first-order chi connectivity index (χ1) is 17.7. The molecule has 1 aliphatic rings. The van der Waals surface area contributed by atoms with Crippen molar-refractivity contribution in [3.8, 4) is 0 Å². The smallest absolute Gasteiger partial charge is 0.332 e. The van der Waals surface area contributed by atoms with E-state index in [1.54, 1.807) is 25.2 Å². The van der Waals surface area contributed by atoms with Crippen molar-refractivity contribution in [2.45, 2.75) is 32.0 Å². The fourth-order valence-corrected chi connectivity index (χ4v) is 5.38. The Labute approximate surface area is 226 Å². The van der Waals surface area contributed by atoms with Crippen LogP contribution in [0.1, 0.15) is 28.8 Å². The van der Waals surface area contributed by atoms with Crippen molar-refractivity contribution < 1.29 is 4.79 Å². The predicted molar refractivity (Wildman–Crippen MR) is 148 cm³/mol. The summed E-state index contributed by atoms with van der Waals surface area (Å²) in [6.07, 6.45) is 1.81. The number of hydrogen-bond donors (Lipinski definition) is 1. The Morgan fingerprint density at radius 2 is 1.95 bits per heavy atom.